The summed E-state index contributed by atoms with van der Waals surface area (Å²) in [7, 11) is 0. The van der Waals surface area contributed by atoms with E-state index in [9.17, 15) is 0 Å². The van der Waals surface area contributed by atoms with Gasteiger partial charge in [-0.3, -0.25) is 0 Å². The maximum Gasteiger partial charge on any atom is -0.0129 e. The van der Waals surface area contributed by atoms with Gasteiger partial charge in [0, 0.05) is 0 Å². The van der Waals surface area contributed by atoms with Crippen LogP contribution < -0.4 is 0 Å². The maximum absolute atomic E-state index is 2.30. The van der Waals surface area contributed by atoms with Crippen molar-refractivity contribution in [3.8, 4) is 11.1 Å². The quantitative estimate of drug-likeness (QED) is 0.635. The summed E-state index contributed by atoms with van der Waals surface area (Å²) in [5, 5.41) is 0. The molecule has 0 aliphatic rings. The molecule has 18 heavy (non-hydrogen) atoms. The van der Waals surface area contributed by atoms with Crippen molar-refractivity contribution in [1.82, 2.24) is 0 Å². The summed E-state index contributed by atoms with van der Waals surface area (Å²) in [5.74, 6) is 0. The molecule has 0 bridgehead atoms. The van der Waals surface area contributed by atoms with Crippen LogP contribution in [0.2, 0.25) is 0 Å². The van der Waals surface area contributed by atoms with Crippen molar-refractivity contribution in [3.63, 3.8) is 0 Å². The molecule has 0 spiro atoms. The van der Waals surface area contributed by atoms with Gasteiger partial charge < -0.3 is 0 Å². The molecule has 2 rings (SSSR count). The fraction of sp³-hybridized carbons (Fsp3) is 0.333. The van der Waals surface area contributed by atoms with Crippen LogP contribution in [-0.2, 0) is 5.41 Å². The van der Waals surface area contributed by atoms with E-state index in [4.69, 9.17) is 0 Å². The molecule has 0 heteroatoms. The molecule has 0 heterocycles. The molecule has 0 amide bonds. The first kappa shape index (κ1) is 12.9. The summed E-state index contributed by atoms with van der Waals surface area (Å²) in [6.45, 7) is 11.1. The van der Waals surface area contributed by atoms with Crippen molar-refractivity contribution in [3.05, 3.63) is 59.2 Å². The minimum absolute atomic E-state index is 0.218. The van der Waals surface area contributed by atoms with E-state index in [-0.39, 0.29) is 5.41 Å². The Kier molecular flexibility index (Phi) is 3.30. The molecule has 0 nitrogen and oxygen atoms in total. The Morgan fingerprint density at radius 2 is 1.28 bits per heavy atom. The molecule has 0 fully saturated rings. The Bertz CT molecular complexity index is 539. The predicted octanol–water partition coefficient (Wildman–Crippen LogP) is 5.27. The first-order valence-corrected chi connectivity index (χ1v) is 6.56. The summed E-state index contributed by atoms with van der Waals surface area (Å²) in [6.07, 6.45) is 0. The molecule has 0 saturated heterocycles. The van der Waals surface area contributed by atoms with E-state index in [1.807, 2.05) is 0 Å². The van der Waals surface area contributed by atoms with Crippen LogP contribution in [0.3, 0.4) is 0 Å². The summed E-state index contributed by atoms with van der Waals surface area (Å²) < 4.78 is 0. The molecule has 0 aliphatic heterocycles. The highest BCUT2D eigenvalue weighted by Gasteiger charge is 2.16. The third-order valence-electron chi connectivity index (χ3n) is 3.42. The van der Waals surface area contributed by atoms with Crippen LogP contribution >= 0.6 is 0 Å². The van der Waals surface area contributed by atoms with Crippen LogP contribution in [-0.4, -0.2) is 0 Å². The lowest BCUT2D eigenvalue weighted by molar-refractivity contribution is 0.586. The number of rotatable bonds is 1. The normalized spacial score (nSPS) is 11.6. The Hall–Kier alpha value is -1.56. The summed E-state index contributed by atoms with van der Waals surface area (Å²) in [4.78, 5) is 0. The van der Waals surface area contributed by atoms with E-state index < -0.39 is 0 Å². The van der Waals surface area contributed by atoms with Crippen molar-refractivity contribution in [2.24, 2.45) is 0 Å². The largest absolute Gasteiger partial charge is 0.0587 e. The van der Waals surface area contributed by atoms with Crippen molar-refractivity contribution in [2.75, 3.05) is 0 Å². The zero-order valence-electron chi connectivity index (χ0n) is 12.0. The highest BCUT2D eigenvalue weighted by Crippen LogP contribution is 2.29. The van der Waals surface area contributed by atoms with Gasteiger partial charge in [0.25, 0.3) is 0 Å². The number of benzene rings is 2. The second kappa shape index (κ2) is 4.61. The molecular weight excluding hydrogens is 216 g/mol. The number of aryl methyl sites for hydroxylation is 2. The van der Waals surface area contributed by atoms with Crippen LogP contribution in [0, 0.1) is 13.8 Å². The van der Waals surface area contributed by atoms with Crippen molar-refractivity contribution >= 4 is 0 Å². The highest BCUT2D eigenvalue weighted by molar-refractivity contribution is 5.65. The third-order valence-corrected chi connectivity index (χ3v) is 3.42. The third kappa shape index (κ3) is 2.64. The lowest BCUT2D eigenvalue weighted by Gasteiger charge is -2.22. The van der Waals surface area contributed by atoms with Gasteiger partial charge in [0.15, 0.2) is 0 Å². The smallest absolute Gasteiger partial charge is 0.0129 e. The van der Waals surface area contributed by atoms with E-state index >= 15 is 0 Å². The summed E-state index contributed by atoms with van der Waals surface area (Å²) in [6, 6.07) is 15.5. The van der Waals surface area contributed by atoms with Crippen LogP contribution in [0.25, 0.3) is 11.1 Å². The van der Waals surface area contributed by atoms with Gasteiger partial charge in [-0.15, -0.1) is 0 Å². The molecule has 94 valence electrons. The molecular formula is C18H22. The second-order valence-electron chi connectivity index (χ2n) is 6.15. The highest BCUT2D eigenvalue weighted by atomic mass is 14.2. The molecule has 0 atom stereocenters. The fourth-order valence-corrected chi connectivity index (χ4v) is 2.43. The fourth-order valence-electron chi connectivity index (χ4n) is 2.43. The van der Waals surface area contributed by atoms with Crippen LogP contribution in [0.4, 0.5) is 0 Å². The van der Waals surface area contributed by atoms with Crippen molar-refractivity contribution < 1.29 is 0 Å². The SMILES string of the molecule is Cc1ccc(-c2ccc(C(C)(C)C)c(C)c2)cc1. The topological polar surface area (TPSA) is 0 Å². The molecule has 2 aromatic rings. The lowest BCUT2D eigenvalue weighted by atomic mass is 9.83. The summed E-state index contributed by atoms with van der Waals surface area (Å²) in [5.41, 5.74) is 6.93. The van der Waals surface area contributed by atoms with E-state index in [0.717, 1.165) is 0 Å². The Balaban J connectivity index is 2.43. The predicted molar refractivity (Wildman–Crippen MR) is 80.1 cm³/mol. The first-order valence-electron chi connectivity index (χ1n) is 6.56. The van der Waals surface area contributed by atoms with E-state index in [2.05, 4.69) is 77.1 Å². The van der Waals surface area contributed by atoms with Gasteiger partial charge >= 0.3 is 0 Å². The zero-order chi connectivity index (χ0) is 13.3. The number of hydrogen-bond acceptors (Lipinski definition) is 0. The zero-order valence-corrected chi connectivity index (χ0v) is 12.0. The Labute approximate surface area is 111 Å². The average Bonchev–Trinajstić information content (AvgIpc) is 2.28. The van der Waals surface area contributed by atoms with E-state index in [1.54, 1.807) is 0 Å². The molecule has 0 aliphatic carbocycles. The van der Waals surface area contributed by atoms with Crippen molar-refractivity contribution in [1.29, 1.82) is 0 Å². The van der Waals surface area contributed by atoms with Gasteiger partial charge in [-0.2, -0.15) is 0 Å². The van der Waals surface area contributed by atoms with Gasteiger partial charge in [-0.1, -0.05) is 68.8 Å². The standard InChI is InChI=1S/C18H22/c1-13-6-8-15(9-7-13)16-10-11-17(14(2)12-16)18(3,4)5/h6-12H,1-5H3. The molecule has 0 saturated carbocycles. The van der Waals surface area contributed by atoms with Gasteiger partial charge in [0.2, 0.25) is 0 Å². The van der Waals surface area contributed by atoms with Crippen LogP contribution in [0.1, 0.15) is 37.5 Å². The van der Waals surface area contributed by atoms with Crippen LogP contribution in [0.15, 0.2) is 42.5 Å². The number of hydrogen-bond donors (Lipinski definition) is 0. The molecule has 0 N–H and O–H groups in total. The van der Waals surface area contributed by atoms with E-state index in [1.165, 1.54) is 27.8 Å². The minimum atomic E-state index is 0.218. The Morgan fingerprint density at radius 3 is 1.78 bits per heavy atom. The van der Waals surface area contributed by atoms with Gasteiger partial charge in [0.1, 0.15) is 0 Å². The average molecular weight is 238 g/mol. The van der Waals surface area contributed by atoms with Gasteiger partial charge in [-0.25, -0.2) is 0 Å². The molecule has 0 unspecified atom stereocenters. The van der Waals surface area contributed by atoms with Crippen molar-refractivity contribution in [2.45, 2.75) is 40.0 Å². The molecule has 0 radical (unpaired) electrons. The molecule has 2 aromatic carbocycles. The second-order valence-corrected chi connectivity index (χ2v) is 6.15. The van der Waals surface area contributed by atoms with Gasteiger partial charge in [-0.05, 0) is 41.5 Å². The monoisotopic (exact) mass is 238 g/mol. The van der Waals surface area contributed by atoms with Crippen LogP contribution in [0.5, 0.6) is 0 Å². The molecule has 0 aromatic heterocycles. The van der Waals surface area contributed by atoms with E-state index in [0.29, 0.717) is 0 Å². The minimum Gasteiger partial charge on any atom is -0.0587 e. The lowest BCUT2D eigenvalue weighted by Crippen LogP contribution is -2.12. The Morgan fingerprint density at radius 1 is 0.722 bits per heavy atom. The first-order chi connectivity index (χ1) is 8.38. The maximum atomic E-state index is 2.30. The summed E-state index contributed by atoms with van der Waals surface area (Å²) >= 11 is 0. The van der Waals surface area contributed by atoms with Gasteiger partial charge in [0.05, 0.1) is 0 Å².